The van der Waals surface area contributed by atoms with E-state index >= 15 is 0 Å². The fourth-order valence-corrected chi connectivity index (χ4v) is 3.89. The third kappa shape index (κ3) is 2.21. The Morgan fingerprint density at radius 1 is 1.14 bits per heavy atom. The molecule has 4 heterocycles. The monoisotopic (exact) mass is 317 g/mol. The third-order valence-corrected chi connectivity index (χ3v) is 5.03. The molecule has 2 aliphatic rings. The van der Waals surface area contributed by atoms with Crippen molar-refractivity contribution < 1.29 is 14.0 Å². The van der Waals surface area contributed by atoms with Gasteiger partial charge in [0.1, 0.15) is 5.69 Å². The van der Waals surface area contributed by atoms with E-state index in [1.165, 1.54) is 17.6 Å². The van der Waals surface area contributed by atoms with E-state index < -0.39 is 0 Å². The van der Waals surface area contributed by atoms with Crippen LogP contribution in [0.25, 0.3) is 0 Å². The Labute approximate surface area is 131 Å². The molecule has 2 saturated heterocycles. The molecule has 0 bridgehead atoms. The lowest BCUT2D eigenvalue weighted by molar-refractivity contribution is 0.0717. The Morgan fingerprint density at radius 3 is 2.36 bits per heavy atom. The second kappa shape index (κ2) is 5.24. The van der Waals surface area contributed by atoms with Gasteiger partial charge in [0.15, 0.2) is 5.76 Å². The zero-order chi connectivity index (χ0) is 15.1. The summed E-state index contributed by atoms with van der Waals surface area (Å²) in [6.45, 7) is 2.77. The van der Waals surface area contributed by atoms with Crippen molar-refractivity contribution in [1.29, 1.82) is 0 Å². The summed E-state index contributed by atoms with van der Waals surface area (Å²) in [6.07, 6.45) is 1.51. The number of carbonyl (C=O) groups is 2. The van der Waals surface area contributed by atoms with Crippen LogP contribution in [0.5, 0.6) is 0 Å². The van der Waals surface area contributed by atoms with Gasteiger partial charge >= 0.3 is 0 Å². The lowest BCUT2D eigenvalue weighted by Crippen LogP contribution is -2.35. The number of furan rings is 1. The number of hydrogen-bond acceptors (Lipinski definition) is 5. The maximum absolute atomic E-state index is 12.3. The van der Waals surface area contributed by atoms with Gasteiger partial charge in [-0.1, -0.05) is 0 Å². The number of fused-ring (bicyclic) bond motifs is 1. The van der Waals surface area contributed by atoms with E-state index in [2.05, 4.69) is 4.98 Å². The predicted octanol–water partition coefficient (Wildman–Crippen LogP) is 1.58. The molecule has 0 aliphatic carbocycles. The second-order valence-corrected chi connectivity index (χ2v) is 6.51. The quantitative estimate of drug-likeness (QED) is 0.843. The standard InChI is InChI=1S/C15H15N3O3S/c19-14(12-8-22-9-16-12)17-4-10-6-18(7-11(10)5-17)15(20)13-2-1-3-21-13/h1-3,8-11H,4-7H2. The second-order valence-electron chi connectivity index (χ2n) is 5.79. The summed E-state index contributed by atoms with van der Waals surface area (Å²) in [7, 11) is 0. The van der Waals surface area contributed by atoms with Crippen LogP contribution in [0.3, 0.4) is 0 Å². The Kier molecular flexibility index (Phi) is 3.22. The van der Waals surface area contributed by atoms with Gasteiger partial charge in [-0.25, -0.2) is 4.98 Å². The summed E-state index contributed by atoms with van der Waals surface area (Å²) in [5.74, 6) is 1.02. The zero-order valence-electron chi connectivity index (χ0n) is 11.8. The highest BCUT2D eigenvalue weighted by Crippen LogP contribution is 2.32. The minimum Gasteiger partial charge on any atom is -0.459 e. The minimum atomic E-state index is -0.0585. The Hall–Kier alpha value is -2.15. The molecule has 114 valence electrons. The van der Waals surface area contributed by atoms with Gasteiger partial charge < -0.3 is 14.2 Å². The van der Waals surface area contributed by atoms with Gasteiger partial charge in [0.05, 0.1) is 11.8 Å². The summed E-state index contributed by atoms with van der Waals surface area (Å²) in [4.78, 5) is 32.4. The summed E-state index contributed by atoms with van der Waals surface area (Å²) >= 11 is 1.43. The van der Waals surface area contributed by atoms with Crippen molar-refractivity contribution in [3.8, 4) is 0 Å². The van der Waals surface area contributed by atoms with Crippen LogP contribution in [-0.4, -0.2) is 52.8 Å². The lowest BCUT2D eigenvalue weighted by atomic mass is 10.0. The highest BCUT2D eigenvalue weighted by atomic mass is 32.1. The Balaban J connectivity index is 1.40. The van der Waals surface area contributed by atoms with Gasteiger partial charge in [-0.15, -0.1) is 11.3 Å². The number of aromatic nitrogens is 1. The molecular formula is C15H15N3O3S. The number of likely N-dealkylation sites (tertiary alicyclic amines) is 2. The first-order valence-corrected chi connectivity index (χ1v) is 8.17. The third-order valence-electron chi connectivity index (χ3n) is 4.44. The molecule has 0 N–H and O–H groups in total. The van der Waals surface area contributed by atoms with Crippen LogP contribution in [0.1, 0.15) is 21.0 Å². The lowest BCUT2D eigenvalue weighted by Gasteiger charge is -2.20. The molecule has 2 atom stereocenters. The number of carbonyl (C=O) groups excluding carboxylic acids is 2. The average molecular weight is 317 g/mol. The van der Waals surface area contributed by atoms with E-state index in [4.69, 9.17) is 4.42 Å². The van der Waals surface area contributed by atoms with E-state index in [0.717, 1.165) is 0 Å². The predicted molar refractivity (Wildman–Crippen MR) is 79.6 cm³/mol. The summed E-state index contributed by atoms with van der Waals surface area (Å²) in [6, 6.07) is 3.41. The number of rotatable bonds is 2. The molecule has 0 saturated carbocycles. The van der Waals surface area contributed by atoms with Crippen LogP contribution >= 0.6 is 11.3 Å². The fourth-order valence-electron chi connectivity index (χ4n) is 3.36. The molecule has 22 heavy (non-hydrogen) atoms. The van der Waals surface area contributed by atoms with Gasteiger partial charge in [0, 0.05) is 43.4 Å². The first-order chi connectivity index (χ1) is 10.7. The van der Waals surface area contributed by atoms with E-state index in [9.17, 15) is 9.59 Å². The van der Waals surface area contributed by atoms with Crippen molar-refractivity contribution >= 4 is 23.2 Å². The molecule has 0 aromatic carbocycles. The van der Waals surface area contributed by atoms with Crippen LogP contribution in [0.4, 0.5) is 0 Å². The number of nitrogens with zero attached hydrogens (tertiary/aromatic N) is 3. The topological polar surface area (TPSA) is 66.7 Å². The van der Waals surface area contributed by atoms with Crippen LogP contribution in [0.2, 0.25) is 0 Å². The van der Waals surface area contributed by atoms with E-state index in [-0.39, 0.29) is 11.8 Å². The van der Waals surface area contributed by atoms with Crippen molar-refractivity contribution in [2.75, 3.05) is 26.2 Å². The summed E-state index contributed by atoms with van der Waals surface area (Å²) in [5.41, 5.74) is 2.20. The fraction of sp³-hybridized carbons (Fsp3) is 0.400. The summed E-state index contributed by atoms with van der Waals surface area (Å²) in [5, 5.41) is 1.78. The van der Waals surface area contributed by atoms with Crippen LogP contribution in [-0.2, 0) is 0 Å². The molecular weight excluding hydrogens is 302 g/mol. The van der Waals surface area contributed by atoms with E-state index in [1.54, 1.807) is 23.0 Å². The molecule has 4 rings (SSSR count). The van der Waals surface area contributed by atoms with Crippen LogP contribution in [0.15, 0.2) is 33.7 Å². The minimum absolute atomic E-state index is 0.000406. The number of thiazole rings is 1. The first kappa shape index (κ1) is 13.5. The van der Waals surface area contributed by atoms with E-state index in [1.807, 2.05) is 9.80 Å². The highest BCUT2D eigenvalue weighted by molar-refractivity contribution is 7.07. The SMILES string of the molecule is O=C(c1cscn1)N1CC2CN(C(=O)c3ccco3)CC2C1. The van der Waals surface area contributed by atoms with Crippen molar-refractivity contribution in [3.05, 3.63) is 40.7 Å². The van der Waals surface area contributed by atoms with E-state index in [0.29, 0.717) is 49.5 Å². The average Bonchev–Trinajstić information content (AvgIpc) is 3.28. The molecule has 0 radical (unpaired) electrons. The molecule has 0 spiro atoms. The van der Waals surface area contributed by atoms with Crippen molar-refractivity contribution in [3.63, 3.8) is 0 Å². The van der Waals surface area contributed by atoms with Gasteiger partial charge in [-0.3, -0.25) is 9.59 Å². The molecule has 2 aromatic heterocycles. The maximum atomic E-state index is 12.3. The molecule has 2 fully saturated rings. The van der Waals surface area contributed by atoms with Gasteiger partial charge in [-0.2, -0.15) is 0 Å². The normalized spacial score (nSPS) is 23.8. The first-order valence-electron chi connectivity index (χ1n) is 7.22. The molecule has 2 amide bonds. The maximum Gasteiger partial charge on any atom is 0.289 e. The van der Waals surface area contributed by atoms with Gasteiger partial charge in [0.25, 0.3) is 11.8 Å². The van der Waals surface area contributed by atoms with Crippen molar-refractivity contribution in [2.24, 2.45) is 11.8 Å². The van der Waals surface area contributed by atoms with Gasteiger partial charge in [0.2, 0.25) is 0 Å². The van der Waals surface area contributed by atoms with Crippen LogP contribution < -0.4 is 0 Å². The van der Waals surface area contributed by atoms with Crippen molar-refractivity contribution in [2.45, 2.75) is 0 Å². The number of hydrogen-bond donors (Lipinski definition) is 0. The molecule has 2 aliphatic heterocycles. The number of amides is 2. The molecule has 2 aromatic rings. The smallest absolute Gasteiger partial charge is 0.289 e. The highest BCUT2D eigenvalue weighted by Gasteiger charge is 2.43. The van der Waals surface area contributed by atoms with Gasteiger partial charge in [-0.05, 0) is 12.1 Å². The largest absolute Gasteiger partial charge is 0.459 e. The van der Waals surface area contributed by atoms with Crippen molar-refractivity contribution in [1.82, 2.24) is 14.8 Å². The molecule has 7 heteroatoms. The van der Waals surface area contributed by atoms with Crippen LogP contribution in [0, 0.1) is 11.8 Å². The molecule has 2 unspecified atom stereocenters. The zero-order valence-corrected chi connectivity index (χ0v) is 12.7. The summed E-state index contributed by atoms with van der Waals surface area (Å²) < 4.78 is 5.18. The Morgan fingerprint density at radius 2 is 1.82 bits per heavy atom. The molecule has 6 nitrogen and oxygen atoms in total. The Bertz CT molecular complexity index is 611.